The Morgan fingerprint density at radius 2 is 2.00 bits per heavy atom. The van der Waals surface area contributed by atoms with Crippen LogP contribution in [0.1, 0.15) is 36.8 Å². The highest BCUT2D eigenvalue weighted by Crippen LogP contribution is 2.33. The van der Waals surface area contributed by atoms with E-state index in [1.807, 2.05) is 6.07 Å². The lowest BCUT2D eigenvalue weighted by Gasteiger charge is -2.34. The maximum Gasteiger partial charge on any atom is 0.0638 e. The quantitative estimate of drug-likeness (QED) is 0.776. The van der Waals surface area contributed by atoms with Crippen molar-refractivity contribution in [3.63, 3.8) is 0 Å². The maximum absolute atomic E-state index is 6.07. The highest BCUT2D eigenvalue weighted by atomic mass is 35.5. The van der Waals surface area contributed by atoms with Crippen LogP contribution in [0.3, 0.4) is 0 Å². The van der Waals surface area contributed by atoms with Gasteiger partial charge in [-0.1, -0.05) is 30.5 Å². The van der Waals surface area contributed by atoms with Crippen molar-refractivity contribution in [2.45, 2.75) is 44.7 Å². The van der Waals surface area contributed by atoms with E-state index in [0.717, 1.165) is 31.2 Å². The molecule has 0 unspecified atom stereocenters. The van der Waals surface area contributed by atoms with Crippen molar-refractivity contribution in [3.05, 3.63) is 28.3 Å². The van der Waals surface area contributed by atoms with Gasteiger partial charge in [0.05, 0.1) is 10.7 Å². The largest absolute Gasteiger partial charge is 0.397 e. The lowest BCUT2D eigenvalue weighted by atomic mass is 9.96. The summed E-state index contributed by atoms with van der Waals surface area (Å²) < 4.78 is 0. The highest BCUT2D eigenvalue weighted by molar-refractivity contribution is 6.33. The number of benzene rings is 1. The second-order valence-corrected chi connectivity index (χ2v) is 5.66. The van der Waals surface area contributed by atoms with Gasteiger partial charge in [0.2, 0.25) is 0 Å². The molecule has 0 bridgehead atoms. The minimum Gasteiger partial charge on any atom is -0.397 e. The molecule has 0 spiro atoms. The molecule has 1 aromatic carbocycles. The number of halogens is 1. The molecule has 92 valence electrons. The fourth-order valence-electron chi connectivity index (χ4n) is 3.26. The Morgan fingerprint density at radius 1 is 1.24 bits per heavy atom. The number of nitrogens with two attached hydrogens (primary N) is 1. The number of fused-ring (bicyclic) bond motifs is 1. The summed E-state index contributed by atoms with van der Waals surface area (Å²) in [7, 11) is 0. The van der Waals surface area contributed by atoms with Crippen LogP contribution in [0.4, 0.5) is 5.69 Å². The fraction of sp³-hybridized carbons (Fsp3) is 0.571. The average Bonchev–Trinajstić information content (AvgIpc) is 2.87. The van der Waals surface area contributed by atoms with Crippen molar-refractivity contribution >= 4 is 17.3 Å². The van der Waals surface area contributed by atoms with E-state index in [-0.39, 0.29) is 0 Å². The Morgan fingerprint density at radius 3 is 2.76 bits per heavy atom. The van der Waals surface area contributed by atoms with E-state index in [1.165, 1.54) is 36.8 Å². The molecule has 3 heteroatoms. The minimum atomic E-state index is 0.707. The van der Waals surface area contributed by atoms with Crippen molar-refractivity contribution in [2.24, 2.45) is 0 Å². The molecule has 2 N–H and O–H groups in total. The third kappa shape index (κ3) is 2.04. The summed E-state index contributed by atoms with van der Waals surface area (Å²) in [6.07, 6.45) is 6.60. The van der Waals surface area contributed by atoms with E-state index in [0.29, 0.717) is 5.02 Å². The molecule has 2 nitrogen and oxygen atoms in total. The van der Waals surface area contributed by atoms with Gasteiger partial charge in [-0.15, -0.1) is 0 Å². The summed E-state index contributed by atoms with van der Waals surface area (Å²) in [5, 5.41) is 0.707. The molecule has 0 amide bonds. The zero-order chi connectivity index (χ0) is 11.8. The Labute approximate surface area is 108 Å². The minimum absolute atomic E-state index is 0.707. The van der Waals surface area contributed by atoms with E-state index in [2.05, 4.69) is 11.0 Å². The van der Waals surface area contributed by atoms with Crippen molar-refractivity contribution in [2.75, 3.05) is 12.3 Å². The van der Waals surface area contributed by atoms with E-state index < -0.39 is 0 Å². The number of nitrogens with zero attached hydrogens (tertiary/aromatic N) is 1. The van der Waals surface area contributed by atoms with Crippen LogP contribution in [-0.2, 0) is 13.0 Å². The summed E-state index contributed by atoms with van der Waals surface area (Å²) in [4.78, 5) is 2.63. The van der Waals surface area contributed by atoms with Gasteiger partial charge in [-0.2, -0.15) is 0 Å². The average molecular weight is 251 g/mol. The molecule has 17 heavy (non-hydrogen) atoms. The van der Waals surface area contributed by atoms with Gasteiger partial charge in [0.1, 0.15) is 0 Å². The normalized spacial score (nSPS) is 21.7. The summed E-state index contributed by atoms with van der Waals surface area (Å²) in [6.45, 7) is 2.20. The van der Waals surface area contributed by atoms with Crippen molar-refractivity contribution < 1.29 is 0 Å². The maximum atomic E-state index is 6.07. The van der Waals surface area contributed by atoms with Crippen LogP contribution in [0.2, 0.25) is 5.02 Å². The molecule has 0 atom stereocenters. The zero-order valence-electron chi connectivity index (χ0n) is 10.1. The first-order valence-electron chi connectivity index (χ1n) is 6.55. The first-order valence-corrected chi connectivity index (χ1v) is 6.93. The summed E-state index contributed by atoms with van der Waals surface area (Å²) in [5.41, 5.74) is 9.52. The Bertz CT molecular complexity index is 424. The monoisotopic (exact) mass is 250 g/mol. The highest BCUT2D eigenvalue weighted by Gasteiger charge is 2.26. The SMILES string of the molecule is Nc1c(Cl)ccc2c1CCN(C1CCCC1)C2. The predicted molar refractivity (Wildman–Crippen MR) is 72.2 cm³/mol. The van der Waals surface area contributed by atoms with Crippen LogP contribution >= 0.6 is 11.6 Å². The molecule has 2 aliphatic rings. The number of anilines is 1. The third-order valence-corrected chi connectivity index (χ3v) is 4.59. The first kappa shape index (κ1) is 11.4. The fourth-order valence-corrected chi connectivity index (χ4v) is 3.44. The van der Waals surface area contributed by atoms with E-state index in [1.54, 1.807) is 0 Å². The van der Waals surface area contributed by atoms with Gasteiger partial charge in [0.15, 0.2) is 0 Å². The standard InChI is InChI=1S/C14H19ClN2/c15-13-6-5-10-9-17(11-3-1-2-4-11)8-7-12(10)14(13)16/h5-6,11H,1-4,7-9,16H2. The van der Waals surface area contributed by atoms with Gasteiger partial charge in [0, 0.05) is 19.1 Å². The molecular formula is C14H19ClN2. The van der Waals surface area contributed by atoms with Crippen LogP contribution in [0.15, 0.2) is 12.1 Å². The van der Waals surface area contributed by atoms with Gasteiger partial charge in [-0.25, -0.2) is 0 Å². The predicted octanol–water partition coefficient (Wildman–Crippen LogP) is 3.22. The van der Waals surface area contributed by atoms with E-state index >= 15 is 0 Å². The molecule has 0 radical (unpaired) electrons. The van der Waals surface area contributed by atoms with Crippen molar-refractivity contribution in [1.82, 2.24) is 4.90 Å². The smallest absolute Gasteiger partial charge is 0.0638 e. The second kappa shape index (κ2) is 4.51. The Hall–Kier alpha value is -0.730. The first-order chi connectivity index (χ1) is 8.25. The number of nitrogen functional groups attached to an aromatic ring is 1. The second-order valence-electron chi connectivity index (χ2n) is 5.26. The van der Waals surface area contributed by atoms with Crippen molar-refractivity contribution in [1.29, 1.82) is 0 Å². The summed E-state index contributed by atoms with van der Waals surface area (Å²) >= 11 is 6.07. The van der Waals surface area contributed by atoms with Crippen LogP contribution in [-0.4, -0.2) is 17.5 Å². The van der Waals surface area contributed by atoms with Gasteiger partial charge >= 0.3 is 0 Å². The molecule has 1 aliphatic carbocycles. The molecule has 1 aromatic rings. The molecule has 1 heterocycles. The summed E-state index contributed by atoms with van der Waals surface area (Å²) in [5.74, 6) is 0. The topological polar surface area (TPSA) is 29.3 Å². The molecule has 1 fully saturated rings. The van der Waals surface area contributed by atoms with Gasteiger partial charge < -0.3 is 5.73 Å². The van der Waals surface area contributed by atoms with Gasteiger partial charge in [-0.3, -0.25) is 4.90 Å². The molecule has 3 rings (SSSR count). The Kier molecular flexibility index (Phi) is 3.01. The molecule has 0 saturated heterocycles. The van der Waals surface area contributed by atoms with Crippen LogP contribution < -0.4 is 5.73 Å². The number of hydrogen-bond acceptors (Lipinski definition) is 2. The molecular weight excluding hydrogens is 232 g/mol. The van der Waals surface area contributed by atoms with Crippen LogP contribution in [0.5, 0.6) is 0 Å². The lowest BCUT2D eigenvalue weighted by Crippen LogP contribution is -2.37. The van der Waals surface area contributed by atoms with Gasteiger partial charge in [0.25, 0.3) is 0 Å². The zero-order valence-corrected chi connectivity index (χ0v) is 10.8. The van der Waals surface area contributed by atoms with Crippen LogP contribution in [0.25, 0.3) is 0 Å². The molecule has 0 aromatic heterocycles. The molecule has 1 aliphatic heterocycles. The third-order valence-electron chi connectivity index (χ3n) is 4.26. The number of hydrogen-bond donors (Lipinski definition) is 1. The summed E-state index contributed by atoms with van der Waals surface area (Å²) in [6, 6.07) is 4.89. The molecule has 1 saturated carbocycles. The van der Waals surface area contributed by atoms with Crippen molar-refractivity contribution in [3.8, 4) is 0 Å². The van der Waals surface area contributed by atoms with E-state index in [4.69, 9.17) is 17.3 Å². The lowest BCUT2D eigenvalue weighted by molar-refractivity contribution is 0.181. The number of rotatable bonds is 1. The van der Waals surface area contributed by atoms with Crippen LogP contribution in [0, 0.1) is 0 Å². The Balaban J connectivity index is 1.83. The van der Waals surface area contributed by atoms with Gasteiger partial charge in [-0.05, 0) is 36.5 Å². The van der Waals surface area contributed by atoms with E-state index in [9.17, 15) is 0 Å².